The highest BCUT2D eigenvalue weighted by Crippen LogP contribution is 2.35. The maximum absolute atomic E-state index is 13.8. The van der Waals surface area contributed by atoms with Crippen molar-refractivity contribution >= 4 is 74.9 Å². The standard InChI is InChI=1S/C52H64ClFN10O10/c1-2-47(65)59-44-30-38-43(56-34-57-50(38)58-35-7-8-41(54)40(53)29-35)31-46(44)74-21-4-14-61-15-11-36(12-16-61)62-17-19-63(20-18-62)49(67)33-73-28-27-72-26-25-71-24-23-70-22-13-55-42-6-3-5-37-39(42)32-64(52(37)69)45-9-10-48(66)60-51(45)68/h2-3,5-8,29-31,34,36,45,55H,1,4,9-28,32-33H2,(H,59,65)(H,56,57,58)(H,60,66,68). The number of benzene rings is 3. The Hall–Kier alpha value is -6.33. The van der Waals surface area contributed by atoms with Crippen LogP contribution in [0.15, 0.2) is 67.5 Å². The molecule has 4 aliphatic rings. The molecule has 4 N–H and O–H groups in total. The van der Waals surface area contributed by atoms with Crippen LogP contribution in [0.1, 0.15) is 48.0 Å². The van der Waals surface area contributed by atoms with E-state index in [0.29, 0.717) is 131 Å². The van der Waals surface area contributed by atoms with Crippen molar-refractivity contribution in [2.24, 2.45) is 0 Å². The van der Waals surface area contributed by atoms with E-state index < -0.39 is 23.7 Å². The normalized spacial score (nSPS) is 17.6. The highest BCUT2D eigenvalue weighted by atomic mass is 35.5. The van der Waals surface area contributed by atoms with Gasteiger partial charge in [0.25, 0.3) is 5.91 Å². The van der Waals surface area contributed by atoms with Crippen molar-refractivity contribution in [3.05, 3.63) is 89.5 Å². The summed E-state index contributed by atoms with van der Waals surface area (Å²) in [4.78, 5) is 79.5. The summed E-state index contributed by atoms with van der Waals surface area (Å²) in [6, 6.07) is 13.1. The number of carbonyl (C=O) groups is 5. The number of amides is 5. The monoisotopic (exact) mass is 1040 g/mol. The quantitative estimate of drug-likeness (QED) is 0.0384. The molecule has 1 aromatic heterocycles. The van der Waals surface area contributed by atoms with Crippen LogP contribution in [0.5, 0.6) is 5.75 Å². The maximum Gasteiger partial charge on any atom is 0.255 e. The number of piperidine rings is 2. The van der Waals surface area contributed by atoms with E-state index in [1.54, 1.807) is 30.3 Å². The van der Waals surface area contributed by atoms with Gasteiger partial charge in [0.2, 0.25) is 23.6 Å². The maximum atomic E-state index is 13.8. The van der Waals surface area contributed by atoms with Crippen LogP contribution < -0.4 is 26.0 Å². The van der Waals surface area contributed by atoms with Crippen LogP contribution >= 0.6 is 11.6 Å². The molecule has 3 saturated heterocycles. The minimum atomic E-state index is -0.658. The molecule has 0 aliphatic carbocycles. The lowest BCUT2D eigenvalue weighted by atomic mass is 10.0. The highest BCUT2D eigenvalue weighted by molar-refractivity contribution is 6.31. The molecule has 0 radical (unpaired) electrons. The molecule has 22 heteroatoms. The molecule has 0 spiro atoms. The second-order valence-corrected chi connectivity index (χ2v) is 18.7. The highest BCUT2D eigenvalue weighted by Gasteiger charge is 2.40. The fraction of sp³-hybridized carbons (Fsp3) is 0.481. The van der Waals surface area contributed by atoms with Crippen molar-refractivity contribution < 1.29 is 52.0 Å². The second kappa shape index (κ2) is 26.8. The zero-order valence-corrected chi connectivity index (χ0v) is 42.2. The van der Waals surface area contributed by atoms with Gasteiger partial charge in [-0.25, -0.2) is 14.4 Å². The van der Waals surface area contributed by atoms with Crippen LogP contribution in [0.3, 0.4) is 0 Å². The smallest absolute Gasteiger partial charge is 0.255 e. The van der Waals surface area contributed by atoms with Crippen molar-refractivity contribution in [2.75, 3.05) is 128 Å². The average molecular weight is 1040 g/mol. The third kappa shape index (κ3) is 14.5. The van der Waals surface area contributed by atoms with E-state index in [4.69, 9.17) is 35.3 Å². The Labute approximate surface area is 434 Å². The predicted molar refractivity (Wildman–Crippen MR) is 275 cm³/mol. The number of hydrogen-bond acceptors (Lipinski definition) is 16. The van der Waals surface area contributed by atoms with E-state index in [9.17, 15) is 28.4 Å². The molecule has 5 heterocycles. The summed E-state index contributed by atoms with van der Waals surface area (Å²) < 4.78 is 42.5. The van der Waals surface area contributed by atoms with Crippen LogP contribution in [0.25, 0.3) is 10.9 Å². The summed E-state index contributed by atoms with van der Waals surface area (Å²) in [6.45, 7) is 13.4. The van der Waals surface area contributed by atoms with Gasteiger partial charge in [0.15, 0.2) is 0 Å². The van der Waals surface area contributed by atoms with Crippen molar-refractivity contribution in [3.8, 4) is 5.75 Å². The molecule has 5 amide bonds. The van der Waals surface area contributed by atoms with E-state index in [1.807, 2.05) is 11.0 Å². The van der Waals surface area contributed by atoms with E-state index in [2.05, 4.69) is 47.6 Å². The molecule has 1 unspecified atom stereocenters. The molecule has 74 heavy (non-hydrogen) atoms. The Bertz CT molecular complexity index is 2630. The van der Waals surface area contributed by atoms with Crippen LogP contribution in [0.4, 0.5) is 27.3 Å². The zero-order chi connectivity index (χ0) is 51.8. The number of imide groups is 1. The number of piperazine rings is 1. The van der Waals surface area contributed by atoms with Gasteiger partial charge in [-0.05, 0) is 81.2 Å². The van der Waals surface area contributed by atoms with Gasteiger partial charge in [0, 0.05) is 92.2 Å². The fourth-order valence-electron chi connectivity index (χ4n) is 9.53. The predicted octanol–water partition coefficient (Wildman–Crippen LogP) is 4.61. The molecular formula is C52H64ClFN10O10. The number of likely N-dealkylation sites (tertiary alicyclic amines) is 1. The van der Waals surface area contributed by atoms with Crippen molar-refractivity contribution in [3.63, 3.8) is 0 Å². The minimum Gasteiger partial charge on any atom is -0.491 e. The second-order valence-electron chi connectivity index (χ2n) is 18.3. The lowest BCUT2D eigenvalue weighted by molar-refractivity contribution is -0.139. The topological polar surface area (TPSA) is 218 Å². The van der Waals surface area contributed by atoms with Crippen LogP contribution in [-0.2, 0) is 44.7 Å². The molecule has 396 valence electrons. The third-order valence-electron chi connectivity index (χ3n) is 13.5. The van der Waals surface area contributed by atoms with Gasteiger partial charge in [-0.15, -0.1) is 0 Å². The van der Waals surface area contributed by atoms with Crippen molar-refractivity contribution in [1.29, 1.82) is 0 Å². The van der Waals surface area contributed by atoms with Crippen LogP contribution in [0.2, 0.25) is 5.02 Å². The first-order chi connectivity index (χ1) is 36.0. The van der Waals surface area contributed by atoms with Crippen LogP contribution in [-0.4, -0.2) is 183 Å². The van der Waals surface area contributed by atoms with Crippen molar-refractivity contribution in [1.82, 2.24) is 34.9 Å². The van der Waals surface area contributed by atoms with Gasteiger partial charge in [-0.2, -0.15) is 0 Å². The summed E-state index contributed by atoms with van der Waals surface area (Å²) >= 11 is 5.99. The van der Waals surface area contributed by atoms with Gasteiger partial charge in [-0.1, -0.05) is 24.2 Å². The summed E-state index contributed by atoms with van der Waals surface area (Å²) in [5.74, 6) is -0.971. The number of anilines is 4. The molecule has 1 atom stereocenters. The number of aromatic nitrogens is 2. The molecule has 3 fully saturated rings. The molecule has 3 aromatic carbocycles. The number of nitrogens with one attached hydrogen (secondary N) is 4. The van der Waals surface area contributed by atoms with Gasteiger partial charge in [-0.3, -0.25) is 34.2 Å². The molecular weight excluding hydrogens is 979 g/mol. The molecule has 8 rings (SSSR count). The lowest BCUT2D eigenvalue weighted by Crippen LogP contribution is -2.54. The number of ether oxygens (including phenoxy) is 5. The number of carbonyl (C=O) groups excluding carboxylic acids is 5. The summed E-state index contributed by atoms with van der Waals surface area (Å²) in [5.41, 5.74) is 3.77. The van der Waals surface area contributed by atoms with E-state index in [1.165, 1.54) is 29.4 Å². The SMILES string of the molecule is C=CC(=O)Nc1cc2c(Nc3ccc(F)c(Cl)c3)ncnc2cc1OCCCN1CCC(N2CCN(C(=O)COCCOCCOCCOCCNc3cccc4c3CN(C3CCC(=O)NC3=O)C4=O)CC2)CC1. The lowest BCUT2D eigenvalue weighted by Gasteiger charge is -2.42. The average Bonchev–Trinajstić information content (AvgIpc) is 3.75. The Kier molecular flexibility index (Phi) is 19.5. The number of rotatable bonds is 26. The van der Waals surface area contributed by atoms with Crippen LogP contribution in [0, 0.1) is 5.82 Å². The Morgan fingerprint density at radius 2 is 1.59 bits per heavy atom. The number of hydrogen-bond donors (Lipinski definition) is 4. The van der Waals surface area contributed by atoms with E-state index in [-0.39, 0.29) is 35.8 Å². The molecule has 4 aromatic rings. The number of fused-ring (bicyclic) bond motifs is 2. The summed E-state index contributed by atoms with van der Waals surface area (Å²) in [6.07, 6.45) is 6.02. The molecule has 0 bridgehead atoms. The van der Waals surface area contributed by atoms with Gasteiger partial charge >= 0.3 is 0 Å². The largest absolute Gasteiger partial charge is 0.491 e. The fourth-order valence-corrected chi connectivity index (χ4v) is 9.71. The molecule has 0 saturated carbocycles. The summed E-state index contributed by atoms with van der Waals surface area (Å²) in [5, 5.41) is 12.2. The molecule has 4 aliphatic heterocycles. The first-order valence-corrected chi connectivity index (χ1v) is 25.5. The Morgan fingerprint density at radius 1 is 0.851 bits per heavy atom. The van der Waals surface area contributed by atoms with E-state index in [0.717, 1.165) is 63.2 Å². The number of halogens is 2. The van der Waals surface area contributed by atoms with Gasteiger partial charge < -0.3 is 54.3 Å². The first-order valence-electron chi connectivity index (χ1n) is 25.2. The van der Waals surface area contributed by atoms with Gasteiger partial charge in [0.1, 0.15) is 36.4 Å². The van der Waals surface area contributed by atoms with E-state index >= 15 is 0 Å². The Morgan fingerprint density at radius 3 is 2.32 bits per heavy atom. The van der Waals surface area contributed by atoms with Crippen molar-refractivity contribution in [2.45, 2.75) is 50.7 Å². The Balaban J connectivity index is 0.631. The third-order valence-corrected chi connectivity index (χ3v) is 13.8. The van der Waals surface area contributed by atoms with Gasteiger partial charge in [0.05, 0.1) is 69.1 Å². The number of nitrogens with zero attached hydrogens (tertiary/aromatic N) is 6. The molecule has 20 nitrogen and oxygen atoms in total. The zero-order valence-electron chi connectivity index (χ0n) is 41.4. The first kappa shape index (κ1) is 53.9. The minimum absolute atomic E-state index is 0.0130. The summed E-state index contributed by atoms with van der Waals surface area (Å²) in [7, 11) is 0.